The van der Waals surface area contributed by atoms with Gasteiger partial charge in [-0.3, -0.25) is 0 Å². The molecule has 0 saturated heterocycles. The summed E-state index contributed by atoms with van der Waals surface area (Å²) in [5, 5.41) is 4.18. The van der Waals surface area contributed by atoms with E-state index in [2.05, 4.69) is 55.8 Å². The first-order valence-electron chi connectivity index (χ1n) is 6.08. The van der Waals surface area contributed by atoms with Gasteiger partial charge in [0.15, 0.2) is 5.82 Å². The minimum atomic E-state index is 0.251. The zero-order valence-corrected chi connectivity index (χ0v) is 15.0. The largest absolute Gasteiger partial charge is 0.483 e. The minimum absolute atomic E-state index is 0.251. The average Bonchev–Trinajstić information content (AvgIpc) is 2.86. The van der Waals surface area contributed by atoms with Crippen LogP contribution in [0.3, 0.4) is 0 Å². The number of rotatable bonds is 5. The van der Waals surface area contributed by atoms with Gasteiger partial charge in [0.2, 0.25) is 0 Å². The van der Waals surface area contributed by atoms with Crippen molar-refractivity contribution in [1.29, 1.82) is 0 Å². The normalized spacial score (nSPS) is 11.1. The van der Waals surface area contributed by atoms with Crippen LogP contribution in [0.1, 0.15) is 31.3 Å². The molecular weight excluding hydrogens is 409 g/mol. The number of hydrogen-bond donors (Lipinski definition) is 0. The lowest BCUT2D eigenvalue weighted by Gasteiger charge is -2.13. The molecule has 1 aromatic carbocycles. The van der Waals surface area contributed by atoms with Gasteiger partial charge in [-0.2, -0.15) is 5.10 Å². The van der Waals surface area contributed by atoms with Crippen molar-refractivity contribution in [3.63, 3.8) is 0 Å². The first-order valence-corrected chi connectivity index (χ1v) is 8.20. The molecule has 0 unspecified atom stereocenters. The molecule has 1 heterocycles. The summed E-state index contributed by atoms with van der Waals surface area (Å²) in [5.74, 6) is 1.98. The SMILES string of the molecule is CC(C)n1ncnc1COc1c(Br)cc(CCl)cc1Br. The number of alkyl halides is 1. The first-order chi connectivity index (χ1) is 9.52. The van der Waals surface area contributed by atoms with Gasteiger partial charge in [-0.05, 0) is 63.4 Å². The van der Waals surface area contributed by atoms with Crippen LogP contribution >= 0.6 is 43.5 Å². The molecule has 1 aromatic heterocycles. The Labute approximate surface area is 139 Å². The summed E-state index contributed by atoms with van der Waals surface area (Å²) in [5.41, 5.74) is 1.02. The van der Waals surface area contributed by atoms with E-state index >= 15 is 0 Å². The lowest BCUT2D eigenvalue weighted by Crippen LogP contribution is -2.11. The number of aromatic nitrogens is 3. The Balaban J connectivity index is 2.17. The van der Waals surface area contributed by atoms with Gasteiger partial charge in [0.05, 0.1) is 8.95 Å². The van der Waals surface area contributed by atoms with Gasteiger partial charge < -0.3 is 4.74 Å². The molecule has 108 valence electrons. The maximum absolute atomic E-state index is 5.84. The molecule has 0 aliphatic heterocycles. The third kappa shape index (κ3) is 3.54. The first kappa shape index (κ1) is 15.8. The summed E-state index contributed by atoms with van der Waals surface area (Å²) >= 11 is 12.8. The Kier molecular flexibility index (Phi) is 5.46. The monoisotopic (exact) mass is 421 g/mol. The van der Waals surface area contributed by atoms with Gasteiger partial charge >= 0.3 is 0 Å². The highest BCUT2D eigenvalue weighted by molar-refractivity contribution is 9.11. The molecule has 0 bridgehead atoms. The zero-order valence-electron chi connectivity index (χ0n) is 11.1. The number of ether oxygens (including phenoxy) is 1. The van der Waals surface area contributed by atoms with Gasteiger partial charge in [-0.1, -0.05) is 0 Å². The van der Waals surface area contributed by atoms with Crippen LogP contribution in [0, 0.1) is 0 Å². The Hall–Kier alpha value is -0.590. The van der Waals surface area contributed by atoms with Crippen LogP contribution < -0.4 is 4.74 Å². The highest BCUT2D eigenvalue weighted by Crippen LogP contribution is 2.35. The van der Waals surface area contributed by atoms with Crippen molar-refractivity contribution in [3.05, 3.63) is 38.8 Å². The molecule has 2 rings (SSSR count). The van der Waals surface area contributed by atoms with Crippen molar-refractivity contribution in [3.8, 4) is 5.75 Å². The second-order valence-electron chi connectivity index (χ2n) is 4.53. The van der Waals surface area contributed by atoms with Crippen LogP contribution in [-0.4, -0.2) is 14.8 Å². The average molecular weight is 424 g/mol. The summed E-state index contributed by atoms with van der Waals surface area (Å²) in [4.78, 5) is 4.22. The maximum atomic E-state index is 5.84. The molecule has 0 atom stereocenters. The van der Waals surface area contributed by atoms with Gasteiger partial charge in [0.1, 0.15) is 18.7 Å². The highest BCUT2D eigenvalue weighted by atomic mass is 79.9. The summed E-state index contributed by atoms with van der Waals surface area (Å²) in [6.07, 6.45) is 1.54. The molecule has 0 saturated carbocycles. The Morgan fingerprint density at radius 3 is 2.50 bits per heavy atom. The van der Waals surface area contributed by atoms with E-state index in [9.17, 15) is 0 Å². The molecule has 0 aliphatic carbocycles. The third-order valence-electron chi connectivity index (χ3n) is 2.69. The molecule has 20 heavy (non-hydrogen) atoms. The van der Waals surface area contributed by atoms with E-state index in [1.807, 2.05) is 16.8 Å². The van der Waals surface area contributed by atoms with E-state index in [1.54, 1.807) is 6.33 Å². The molecule has 0 aliphatic rings. The minimum Gasteiger partial charge on any atom is -0.483 e. The Morgan fingerprint density at radius 1 is 1.30 bits per heavy atom. The Bertz CT molecular complexity index is 578. The zero-order chi connectivity index (χ0) is 14.7. The van der Waals surface area contributed by atoms with Gasteiger partial charge in [0.25, 0.3) is 0 Å². The van der Waals surface area contributed by atoms with Gasteiger partial charge in [-0.25, -0.2) is 9.67 Å². The van der Waals surface area contributed by atoms with Crippen molar-refractivity contribution in [2.45, 2.75) is 32.4 Å². The van der Waals surface area contributed by atoms with Crippen molar-refractivity contribution in [2.75, 3.05) is 0 Å². The fourth-order valence-corrected chi connectivity index (χ4v) is 3.44. The summed E-state index contributed by atoms with van der Waals surface area (Å²) < 4.78 is 9.40. The van der Waals surface area contributed by atoms with Crippen molar-refractivity contribution >= 4 is 43.5 Å². The number of halogens is 3. The molecule has 0 N–H and O–H groups in total. The molecule has 0 amide bonds. The lowest BCUT2D eigenvalue weighted by molar-refractivity contribution is 0.279. The molecule has 4 nitrogen and oxygen atoms in total. The molecular formula is C13H14Br2ClN3O. The van der Waals surface area contributed by atoms with E-state index in [0.717, 1.165) is 26.1 Å². The van der Waals surface area contributed by atoms with E-state index in [4.69, 9.17) is 16.3 Å². The standard InChI is InChI=1S/C13H14Br2ClN3O/c1-8(2)19-12(17-7-18-19)6-20-13-10(14)3-9(5-16)4-11(13)15/h3-4,7-8H,5-6H2,1-2H3. The maximum Gasteiger partial charge on any atom is 0.165 e. The van der Waals surface area contributed by atoms with E-state index in [-0.39, 0.29) is 6.04 Å². The summed E-state index contributed by atoms with van der Waals surface area (Å²) in [6, 6.07) is 4.14. The van der Waals surface area contributed by atoms with Crippen LogP contribution in [0.2, 0.25) is 0 Å². The van der Waals surface area contributed by atoms with E-state index in [0.29, 0.717) is 12.5 Å². The third-order valence-corrected chi connectivity index (χ3v) is 4.18. The van der Waals surface area contributed by atoms with E-state index < -0.39 is 0 Å². The molecule has 2 aromatic rings. The Morgan fingerprint density at radius 2 is 1.95 bits per heavy atom. The number of benzene rings is 1. The second-order valence-corrected chi connectivity index (χ2v) is 6.50. The van der Waals surface area contributed by atoms with Gasteiger partial charge in [-0.15, -0.1) is 11.6 Å². The van der Waals surface area contributed by atoms with Crippen LogP contribution in [0.5, 0.6) is 5.75 Å². The van der Waals surface area contributed by atoms with E-state index in [1.165, 1.54) is 0 Å². The fraction of sp³-hybridized carbons (Fsp3) is 0.385. The molecule has 0 radical (unpaired) electrons. The topological polar surface area (TPSA) is 39.9 Å². The number of nitrogens with zero attached hydrogens (tertiary/aromatic N) is 3. The van der Waals surface area contributed by atoms with Crippen LogP contribution in [0.4, 0.5) is 0 Å². The van der Waals surface area contributed by atoms with Gasteiger partial charge in [0, 0.05) is 11.9 Å². The highest BCUT2D eigenvalue weighted by Gasteiger charge is 2.12. The fourth-order valence-electron chi connectivity index (χ4n) is 1.77. The van der Waals surface area contributed by atoms with Crippen molar-refractivity contribution in [1.82, 2.24) is 14.8 Å². The molecule has 0 fully saturated rings. The van der Waals surface area contributed by atoms with Crippen LogP contribution in [0.15, 0.2) is 27.4 Å². The number of hydrogen-bond acceptors (Lipinski definition) is 3. The summed E-state index contributed by atoms with van der Waals surface area (Å²) in [6.45, 7) is 4.47. The lowest BCUT2D eigenvalue weighted by atomic mass is 10.2. The predicted molar refractivity (Wildman–Crippen MR) is 86.1 cm³/mol. The van der Waals surface area contributed by atoms with Crippen LogP contribution in [-0.2, 0) is 12.5 Å². The smallest absolute Gasteiger partial charge is 0.165 e. The quantitative estimate of drug-likeness (QED) is 0.655. The molecule has 0 spiro atoms. The second kappa shape index (κ2) is 6.91. The summed E-state index contributed by atoms with van der Waals surface area (Å²) in [7, 11) is 0. The molecule has 7 heteroatoms. The van der Waals surface area contributed by atoms with Crippen molar-refractivity contribution in [2.24, 2.45) is 0 Å². The predicted octanol–water partition coefficient (Wildman–Crippen LogP) is 4.70. The van der Waals surface area contributed by atoms with Crippen LogP contribution in [0.25, 0.3) is 0 Å². The van der Waals surface area contributed by atoms with Crippen molar-refractivity contribution < 1.29 is 4.74 Å².